The van der Waals surface area contributed by atoms with Crippen molar-refractivity contribution >= 4 is 38.9 Å². The lowest BCUT2D eigenvalue weighted by molar-refractivity contribution is -0.660. The van der Waals surface area contributed by atoms with Crippen LogP contribution in [0.2, 0.25) is 0 Å². The van der Waals surface area contributed by atoms with Gasteiger partial charge in [-0.15, -0.1) is 0 Å². The summed E-state index contributed by atoms with van der Waals surface area (Å²) < 4.78 is 8.81. The third-order valence-corrected chi connectivity index (χ3v) is 7.42. The molecule has 0 N–H and O–H groups in total. The van der Waals surface area contributed by atoms with Crippen molar-refractivity contribution in [3.05, 3.63) is 88.8 Å². The van der Waals surface area contributed by atoms with E-state index in [9.17, 15) is 0 Å². The minimum absolute atomic E-state index is 0.412. The van der Waals surface area contributed by atoms with Crippen LogP contribution in [0.15, 0.2) is 65.2 Å². The van der Waals surface area contributed by atoms with Gasteiger partial charge in [-0.2, -0.15) is 0 Å². The number of aryl methyl sites for hydroxylation is 3. The SMILES string of the molecule is C=C/C(=C\c1cc[n+](C)c(-c2c(C)c(C)cc3c2oc2nc(C)c4ccccc4c23)c1C)C(C)C. The molecular weight excluding hydrogens is 428 g/mol. The highest BCUT2D eigenvalue weighted by Crippen LogP contribution is 2.42. The minimum atomic E-state index is 0.412. The van der Waals surface area contributed by atoms with Crippen molar-refractivity contribution in [3.8, 4) is 11.3 Å². The summed E-state index contributed by atoms with van der Waals surface area (Å²) in [6.07, 6.45) is 6.37. The molecule has 0 saturated heterocycles. The van der Waals surface area contributed by atoms with Crippen molar-refractivity contribution < 1.29 is 8.98 Å². The number of rotatable bonds is 4. The van der Waals surface area contributed by atoms with Crippen molar-refractivity contribution in [3.63, 3.8) is 0 Å². The summed E-state index contributed by atoms with van der Waals surface area (Å²) >= 11 is 0. The molecule has 0 aliphatic carbocycles. The summed E-state index contributed by atoms with van der Waals surface area (Å²) in [4.78, 5) is 4.87. The maximum Gasteiger partial charge on any atom is 0.228 e. The van der Waals surface area contributed by atoms with E-state index in [0.29, 0.717) is 11.6 Å². The number of aromatic nitrogens is 2. The molecule has 3 heteroatoms. The minimum Gasteiger partial charge on any atom is -0.437 e. The van der Waals surface area contributed by atoms with Crippen molar-refractivity contribution in [2.75, 3.05) is 0 Å². The first-order valence-electron chi connectivity index (χ1n) is 12.3. The average molecular weight is 462 g/mol. The second-order valence-electron chi connectivity index (χ2n) is 9.95. The van der Waals surface area contributed by atoms with E-state index in [4.69, 9.17) is 9.40 Å². The molecule has 5 aromatic rings. The Morgan fingerprint density at radius 1 is 1.00 bits per heavy atom. The van der Waals surface area contributed by atoms with Crippen molar-refractivity contribution in [2.24, 2.45) is 13.0 Å². The van der Waals surface area contributed by atoms with E-state index in [0.717, 1.165) is 33.3 Å². The number of hydrogen-bond acceptors (Lipinski definition) is 2. The van der Waals surface area contributed by atoms with E-state index in [-0.39, 0.29) is 0 Å². The normalized spacial score (nSPS) is 12.4. The predicted octanol–water partition coefficient (Wildman–Crippen LogP) is 8.08. The van der Waals surface area contributed by atoms with Crippen molar-refractivity contribution in [1.29, 1.82) is 0 Å². The van der Waals surface area contributed by atoms with Gasteiger partial charge in [-0.3, -0.25) is 0 Å². The number of benzene rings is 2. The van der Waals surface area contributed by atoms with Gasteiger partial charge >= 0.3 is 0 Å². The third kappa shape index (κ3) is 3.58. The Balaban J connectivity index is 1.92. The topological polar surface area (TPSA) is 29.9 Å². The molecular formula is C32H33N2O+. The zero-order chi connectivity index (χ0) is 25.0. The Bertz CT molecular complexity index is 1680. The van der Waals surface area contributed by atoms with Crippen LogP contribution in [0.3, 0.4) is 0 Å². The van der Waals surface area contributed by atoms with Crippen LogP contribution in [0.5, 0.6) is 0 Å². The summed E-state index contributed by atoms with van der Waals surface area (Å²) in [6, 6.07) is 12.9. The highest BCUT2D eigenvalue weighted by atomic mass is 16.3. The number of allylic oxidation sites excluding steroid dienone is 2. The second-order valence-corrected chi connectivity index (χ2v) is 9.95. The van der Waals surface area contributed by atoms with E-state index in [2.05, 4.69) is 108 Å². The monoisotopic (exact) mass is 461 g/mol. The number of pyridine rings is 2. The van der Waals surface area contributed by atoms with Crippen molar-refractivity contribution in [2.45, 2.75) is 41.5 Å². The Labute approximate surface area is 207 Å². The number of furan rings is 1. The van der Waals surface area contributed by atoms with E-state index >= 15 is 0 Å². The van der Waals surface area contributed by atoms with Gasteiger partial charge < -0.3 is 4.42 Å². The Morgan fingerprint density at radius 3 is 2.40 bits per heavy atom. The first kappa shape index (κ1) is 23.0. The lowest BCUT2D eigenvalue weighted by Gasteiger charge is -2.13. The summed E-state index contributed by atoms with van der Waals surface area (Å²) in [5, 5.41) is 4.57. The molecule has 35 heavy (non-hydrogen) atoms. The van der Waals surface area contributed by atoms with Gasteiger partial charge in [0.05, 0.1) is 10.9 Å². The molecule has 3 aromatic heterocycles. The van der Waals surface area contributed by atoms with Gasteiger partial charge in [-0.25, -0.2) is 9.55 Å². The lowest BCUT2D eigenvalue weighted by atomic mass is 9.91. The maximum absolute atomic E-state index is 6.60. The first-order valence-corrected chi connectivity index (χ1v) is 12.3. The predicted molar refractivity (Wildman–Crippen MR) is 148 cm³/mol. The van der Waals surface area contributed by atoms with Crippen LogP contribution >= 0.6 is 0 Å². The first-order chi connectivity index (χ1) is 16.7. The van der Waals surface area contributed by atoms with Gasteiger partial charge in [0, 0.05) is 28.1 Å². The van der Waals surface area contributed by atoms with Gasteiger partial charge in [0.15, 0.2) is 11.8 Å². The summed E-state index contributed by atoms with van der Waals surface area (Å²) in [7, 11) is 2.11. The zero-order valence-corrected chi connectivity index (χ0v) is 21.8. The zero-order valence-electron chi connectivity index (χ0n) is 21.8. The Kier molecular flexibility index (Phi) is 5.59. The van der Waals surface area contributed by atoms with E-state index in [1.807, 2.05) is 6.08 Å². The molecule has 0 aliphatic heterocycles. The summed E-state index contributed by atoms with van der Waals surface area (Å²) in [5.74, 6) is 0.412. The Morgan fingerprint density at radius 2 is 1.71 bits per heavy atom. The number of nitrogens with zero attached hydrogens (tertiary/aromatic N) is 2. The molecule has 0 atom stereocenters. The molecule has 0 radical (unpaired) electrons. The molecule has 2 aromatic carbocycles. The second kappa shape index (κ2) is 8.49. The summed E-state index contributed by atoms with van der Waals surface area (Å²) in [5.41, 5.74) is 11.0. The average Bonchev–Trinajstić information content (AvgIpc) is 3.18. The van der Waals surface area contributed by atoms with E-state index in [1.54, 1.807) is 0 Å². The fourth-order valence-electron chi connectivity index (χ4n) is 5.25. The summed E-state index contributed by atoms with van der Waals surface area (Å²) in [6.45, 7) is 17.1. The van der Waals surface area contributed by atoms with E-state index < -0.39 is 0 Å². The maximum atomic E-state index is 6.60. The van der Waals surface area contributed by atoms with Gasteiger partial charge in [0.25, 0.3) is 0 Å². The highest BCUT2D eigenvalue weighted by molar-refractivity contribution is 6.20. The van der Waals surface area contributed by atoms with Crippen LogP contribution in [0.4, 0.5) is 0 Å². The van der Waals surface area contributed by atoms with Crippen molar-refractivity contribution in [1.82, 2.24) is 4.98 Å². The van der Waals surface area contributed by atoms with Gasteiger partial charge in [-0.05, 0) is 67.3 Å². The Hall–Kier alpha value is -3.72. The third-order valence-electron chi connectivity index (χ3n) is 7.42. The number of hydrogen-bond donors (Lipinski definition) is 0. The van der Waals surface area contributed by atoms with Gasteiger partial charge in [0.1, 0.15) is 7.05 Å². The van der Waals surface area contributed by atoms with Gasteiger partial charge in [-0.1, -0.05) is 56.8 Å². The fourth-order valence-corrected chi connectivity index (χ4v) is 5.25. The highest BCUT2D eigenvalue weighted by Gasteiger charge is 2.26. The molecule has 3 heterocycles. The van der Waals surface area contributed by atoms with Crippen LogP contribution < -0.4 is 4.57 Å². The van der Waals surface area contributed by atoms with E-state index in [1.165, 1.54) is 38.6 Å². The molecule has 176 valence electrons. The standard InChI is InChI=1S/C32H33N2O/c1-9-23(18(2)3)17-24-14-15-34(8)30(21(24)6)28-20(5)19(4)16-27-29-26-13-11-10-12-25(26)22(7)33-32(29)35-31(27)28/h9-18H,1H2,2-8H3/q+1/b23-17+. The molecule has 0 bridgehead atoms. The smallest absolute Gasteiger partial charge is 0.228 e. The molecule has 0 spiro atoms. The van der Waals surface area contributed by atoms with Gasteiger partial charge in [0.2, 0.25) is 11.4 Å². The molecule has 0 fully saturated rings. The van der Waals surface area contributed by atoms with Crippen LogP contribution in [0, 0.1) is 33.6 Å². The molecule has 0 saturated carbocycles. The molecule has 0 aliphatic rings. The molecule has 0 unspecified atom stereocenters. The molecule has 0 amide bonds. The van der Waals surface area contributed by atoms with Crippen LogP contribution in [-0.4, -0.2) is 4.98 Å². The molecule has 5 rings (SSSR count). The van der Waals surface area contributed by atoms with Crippen LogP contribution in [0.1, 0.15) is 41.8 Å². The quantitative estimate of drug-likeness (QED) is 0.200. The largest absolute Gasteiger partial charge is 0.437 e. The van der Waals surface area contributed by atoms with Crippen LogP contribution in [-0.2, 0) is 7.05 Å². The van der Waals surface area contributed by atoms with Crippen LogP contribution in [0.25, 0.3) is 50.2 Å². The molecule has 3 nitrogen and oxygen atoms in total. The number of fused-ring (bicyclic) bond motifs is 5. The lowest BCUT2D eigenvalue weighted by Crippen LogP contribution is -2.32. The fraction of sp³-hybridized carbons (Fsp3) is 0.250.